The van der Waals surface area contributed by atoms with Gasteiger partial charge in [0, 0.05) is 24.9 Å². The standard InChI is InChI=1S/C26H28N2O2S/c1-20-11-9-10-14-22(20)18-28(25(29)19-31-23-15-7-4-8-16-23)24(26(30)27-2)17-21-12-5-3-6-13-21/h3-16,24H,17-19H2,1-2H3,(H,27,30). The van der Waals surface area contributed by atoms with Crippen LogP contribution in [-0.4, -0.2) is 35.6 Å². The molecule has 0 aliphatic rings. The molecule has 1 unspecified atom stereocenters. The fraction of sp³-hybridized carbons (Fsp3) is 0.231. The zero-order valence-electron chi connectivity index (χ0n) is 18.0. The summed E-state index contributed by atoms with van der Waals surface area (Å²) in [5.41, 5.74) is 3.17. The van der Waals surface area contributed by atoms with Crippen LogP contribution in [0.1, 0.15) is 16.7 Å². The van der Waals surface area contributed by atoms with Crippen molar-refractivity contribution in [1.29, 1.82) is 0 Å². The fourth-order valence-electron chi connectivity index (χ4n) is 3.44. The highest BCUT2D eigenvalue weighted by Gasteiger charge is 2.30. The molecule has 4 nitrogen and oxygen atoms in total. The fourth-order valence-corrected chi connectivity index (χ4v) is 4.24. The molecule has 0 saturated carbocycles. The molecule has 0 aliphatic heterocycles. The molecular weight excluding hydrogens is 404 g/mol. The van der Waals surface area contributed by atoms with Crippen LogP contribution in [0.15, 0.2) is 89.8 Å². The maximum Gasteiger partial charge on any atom is 0.242 e. The predicted molar refractivity (Wildman–Crippen MR) is 127 cm³/mol. The monoisotopic (exact) mass is 432 g/mol. The largest absolute Gasteiger partial charge is 0.357 e. The number of benzene rings is 3. The highest BCUT2D eigenvalue weighted by molar-refractivity contribution is 8.00. The highest BCUT2D eigenvalue weighted by atomic mass is 32.2. The molecule has 1 N–H and O–H groups in total. The number of thioether (sulfide) groups is 1. The van der Waals surface area contributed by atoms with E-state index in [0.717, 1.165) is 21.6 Å². The molecule has 0 aliphatic carbocycles. The minimum absolute atomic E-state index is 0.0540. The molecule has 0 spiro atoms. The van der Waals surface area contributed by atoms with Crippen molar-refractivity contribution in [3.8, 4) is 0 Å². The van der Waals surface area contributed by atoms with Crippen molar-refractivity contribution < 1.29 is 9.59 Å². The van der Waals surface area contributed by atoms with Gasteiger partial charge in [0.2, 0.25) is 11.8 Å². The molecular formula is C26H28N2O2S. The van der Waals surface area contributed by atoms with Crippen LogP contribution in [0.25, 0.3) is 0 Å². The van der Waals surface area contributed by atoms with Gasteiger partial charge in [-0.1, -0.05) is 72.8 Å². The Morgan fingerprint density at radius 1 is 0.903 bits per heavy atom. The lowest BCUT2D eigenvalue weighted by Gasteiger charge is -2.31. The summed E-state index contributed by atoms with van der Waals surface area (Å²) in [6.07, 6.45) is 0.466. The third-order valence-electron chi connectivity index (χ3n) is 5.22. The lowest BCUT2D eigenvalue weighted by molar-refractivity contribution is -0.139. The maximum absolute atomic E-state index is 13.4. The number of rotatable bonds is 9. The van der Waals surface area contributed by atoms with E-state index in [0.29, 0.717) is 13.0 Å². The Morgan fingerprint density at radius 2 is 1.52 bits per heavy atom. The lowest BCUT2D eigenvalue weighted by Crippen LogP contribution is -2.50. The first kappa shape index (κ1) is 22.6. The lowest BCUT2D eigenvalue weighted by atomic mass is 10.0. The average Bonchev–Trinajstić information content (AvgIpc) is 2.81. The number of amides is 2. The number of nitrogens with one attached hydrogen (secondary N) is 1. The summed E-state index contributed by atoms with van der Waals surface area (Å²) in [4.78, 5) is 29.1. The van der Waals surface area contributed by atoms with Crippen molar-refractivity contribution in [2.24, 2.45) is 0 Å². The Balaban J connectivity index is 1.88. The van der Waals surface area contributed by atoms with Crippen LogP contribution in [0, 0.1) is 6.92 Å². The number of carbonyl (C=O) groups is 2. The summed E-state index contributed by atoms with van der Waals surface area (Å²) in [5.74, 6) is 0.0650. The minimum Gasteiger partial charge on any atom is -0.357 e. The number of likely N-dealkylation sites (N-methyl/N-ethyl adjacent to an activating group) is 1. The second-order valence-electron chi connectivity index (χ2n) is 7.37. The summed E-state index contributed by atoms with van der Waals surface area (Å²) in [5, 5.41) is 2.76. The molecule has 0 heterocycles. The SMILES string of the molecule is CNC(=O)C(Cc1ccccc1)N(Cc1ccccc1C)C(=O)CSc1ccccc1. The van der Waals surface area contributed by atoms with E-state index in [9.17, 15) is 9.59 Å². The molecule has 3 rings (SSSR count). The van der Waals surface area contributed by atoms with Gasteiger partial charge in [-0.05, 0) is 35.7 Å². The van der Waals surface area contributed by atoms with Crippen molar-refractivity contribution in [2.75, 3.05) is 12.8 Å². The molecule has 160 valence electrons. The molecule has 3 aromatic carbocycles. The van der Waals surface area contributed by atoms with Crippen LogP contribution in [0.3, 0.4) is 0 Å². The minimum atomic E-state index is -0.587. The van der Waals surface area contributed by atoms with E-state index in [1.165, 1.54) is 11.8 Å². The molecule has 0 bridgehead atoms. The van der Waals surface area contributed by atoms with E-state index < -0.39 is 6.04 Å². The molecule has 31 heavy (non-hydrogen) atoms. The Kier molecular flexibility index (Phi) is 8.30. The third-order valence-corrected chi connectivity index (χ3v) is 6.22. The van der Waals surface area contributed by atoms with Gasteiger partial charge in [-0.3, -0.25) is 9.59 Å². The van der Waals surface area contributed by atoms with Crippen molar-refractivity contribution in [2.45, 2.75) is 30.8 Å². The summed E-state index contributed by atoms with van der Waals surface area (Å²) >= 11 is 1.49. The first-order valence-corrected chi connectivity index (χ1v) is 11.3. The Bertz CT molecular complexity index is 993. The van der Waals surface area contributed by atoms with Crippen molar-refractivity contribution in [3.63, 3.8) is 0 Å². The predicted octanol–water partition coefficient (Wildman–Crippen LogP) is 4.47. The van der Waals surface area contributed by atoms with E-state index in [2.05, 4.69) is 5.32 Å². The number of hydrogen-bond donors (Lipinski definition) is 1. The summed E-state index contributed by atoms with van der Waals surface area (Å²) in [6, 6.07) is 27.1. The van der Waals surface area contributed by atoms with Gasteiger partial charge in [0.15, 0.2) is 0 Å². The summed E-state index contributed by atoms with van der Waals surface area (Å²) < 4.78 is 0. The summed E-state index contributed by atoms with van der Waals surface area (Å²) in [6.45, 7) is 2.43. The smallest absolute Gasteiger partial charge is 0.242 e. The van der Waals surface area contributed by atoms with Gasteiger partial charge in [-0.25, -0.2) is 0 Å². The van der Waals surface area contributed by atoms with Crippen molar-refractivity contribution >= 4 is 23.6 Å². The van der Waals surface area contributed by atoms with Crippen LogP contribution in [-0.2, 0) is 22.6 Å². The molecule has 0 fully saturated rings. The van der Waals surface area contributed by atoms with Crippen molar-refractivity contribution in [3.05, 3.63) is 102 Å². The molecule has 0 saturated heterocycles. The van der Waals surface area contributed by atoms with Gasteiger partial charge < -0.3 is 10.2 Å². The number of aryl methyl sites for hydroxylation is 1. The average molecular weight is 433 g/mol. The van der Waals surface area contributed by atoms with E-state index in [1.54, 1.807) is 11.9 Å². The number of nitrogens with zero attached hydrogens (tertiary/aromatic N) is 1. The Labute approximate surface area is 188 Å². The van der Waals surface area contributed by atoms with Crippen LogP contribution < -0.4 is 5.32 Å². The third kappa shape index (κ3) is 6.46. The van der Waals surface area contributed by atoms with Gasteiger partial charge in [0.1, 0.15) is 6.04 Å². The van der Waals surface area contributed by atoms with Gasteiger partial charge in [0.25, 0.3) is 0 Å². The number of carbonyl (C=O) groups excluding carboxylic acids is 2. The van der Waals surface area contributed by atoms with Gasteiger partial charge >= 0.3 is 0 Å². The number of hydrogen-bond acceptors (Lipinski definition) is 3. The van der Waals surface area contributed by atoms with Gasteiger partial charge in [0.05, 0.1) is 5.75 Å². The first-order chi connectivity index (χ1) is 15.1. The zero-order valence-corrected chi connectivity index (χ0v) is 18.8. The van der Waals surface area contributed by atoms with Crippen LogP contribution in [0.2, 0.25) is 0 Å². The molecule has 0 radical (unpaired) electrons. The molecule has 5 heteroatoms. The topological polar surface area (TPSA) is 49.4 Å². The van der Waals surface area contributed by atoms with Gasteiger partial charge in [-0.2, -0.15) is 0 Å². The summed E-state index contributed by atoms with van der Waals surface area (Å²) in [7, 11) is 1.62. The molecule has 1 atom stereocenters. The quantitative estimate of drug-likeness (QED) is 0.508. The van der Waals surface area contributed by atoms with E-state index >= 15 is 0 Å². The van der Waals surface area contributed by atoms with Crippen LogP contribution in [0.4, 0.5) is 0 Å². The van der Waals surface area contributed by atoms with Crippen molar-refractivity contribution in [1.82, 2.24) is 10.2 Å². The molecule has 3 aromatic rings. The van der Waals surface area contributed by atoms with Crippen LogP contribution in [0.5, 0.6) is 0 Å². The van der Waals surface area contributed by atoms with Gasteiger partial charge in [-0.15, -0.1) is 11.8 Å². The van der Waals surface area contributed by atoms with E-state index in [4.69, 9.17) is 0 Å². The molecule has 2 amide bonds. The first-order valence-electron chi connectivity index (χ1n) is 10.4. The van der Waals surface area contributed by atoms with Crippen LogP contribution >= 0.6 is 11.8 Å². The van der Waals surface area contributed by atoms with E-state index in [1.807, 2.05) is 91.9 Å². The molecule has 0 aromatic heterocycles. The Morgan fingerprint density at radius 3 is 2.16 bits per heavy atom. The second-order valence-corrected chi connectivity index (χ2v) is 8.42. The Hall–Kier alpha value is -3.05. The normalized spacial score (nSPS) is 11.5. The zero-order chi connectivity index (χ0) is 22.1. The van der Waals surface area contributed by atoms with E-state index in [-0.39, 0.29) is 17.6 Å². The second kappa shape index (κ2) is 11.4. The maximum atomic E-state index is 13.4. The highest BCUT2D eigenvalue weighted by Crippen LogP contribution is 2.21.